The van der Waals surface area contributed by atoms with Crippen LogP contribution >= 0.6 is 0 Å². The van der Waals surface area contributed by atoms with Crippen molar-refractivity contribution in [3.05, 3.63) is 53.6 Å². The lowest BCUT2D eigenvalue weighted by Gasteiger charge is -2.21. The maximum atomic E-state index is 12.8. The zero-order valence-corrected chi connectivity index (χ0v) is 20.1. The number of carbonyl (C=O) groups excluding carboxylic acids is 3. The zero-order chi connectivity index (χ0) is 25.8. The molecule has 1 atom stereocenters. The van der Waals surface area contributed by atoms with Gasteiger partial charge in [-0.3, -0.25) is 15.0 Å². The van der Waals surface area contributed by atoms with Gasteiger partial charge in [0, 0.05) is 30.7 Å². The third kappa shape index (κ3) is 9.00. The number of hydrogen-bond donors (Lipinski definition) is 3. The average molecular weight is 486 g/mol. The summed E-state index contributed by atoms with van der Waals surface area (Å²) in [4.78, 5) is 35.2. The fraction of sp³-hybridized carbons (Fsp3) is 0.360. The minimum Gasteiger partial charge on any atom is -0.494 e. The number of nitrogen functional groups attached to an aromatic ring is 1. The van der Waals surface area contributed by atoms with Gasteiger partial charge < -0.3 is 30.0 Å². The third-order valence-corrected chi connectivity index (χ3v) is 4.63. The van der Waals surface area contributed by atoms with Crippen molar-refractivity contribution in [1.29, 1.82) is 5.41 Å². The highest BCUT2D eigenvalue weighted by atomic mass is 16.6. The minimum absolute atomic E-state index is 0.0286. The smallest absolute Gasteiger partial charge is 0.333 e. The molecule has 0 fully saturated rings. The lowest BCUT2D eigenvalue weighted by atomic mass is 10.0. The predicted octanol–water partition coefficient (Wildman–Crippen LogP) is 3.33. The Kier molecular flexibility index (Phi) is 10.5. The quantitative estimate of drug-likeness (QED) is 0.128. The van der Waals surface area contributed by atoms with Crippen LogP contribution in [0.1, 0.15) is 50.8 Å². The SMILES string of the molecule is CCOC(=O)C(Nc1ccc(C(=N)N)cc1)c1cc(OCC)cc(OCCCC(=O)OC(C)=O)c1. The molecule has 35 heavy (non-hydrogen) atoms. The van der Waals surface area contributed by atoms with E-state index in [2.05, 4.69) is 10.1 Å². The summed E-state index contributed by atoms with van der Waals surface area (Å²) in [5, 5.41) is 10.7. The van der Waals surface area contributed by atoms with Crippen molar-refractivity contribution in [2.45, 2.75) is 39.7 Å². The zero-order valence-electron chi connectivity index (χ0n) is 20.1. The topological polar surface area (TPSA) is 150 Å². The number of hydrogen-bond acceptors (Lipinski definition) is 9. The summed E-state index contributed by atoms with van der Waals surface area (Å²) >= 11 is 0. The monoisotopic (exact) mass is 485 g/mol. The lowest BCUT2D eigenvalue weighted by molar-refractivity contribution is -0.158. The maximum Gasteiger partial charge on any atom is 0.333 e. The van der Waals surface area contributed by atoms with Crippen LogP contribution in [0, 0.1) is 5.41 Å². The number of benzene rings is 2. The molecule has 1 unspecified atom stereocenters. The lowest BCUT2D eigenvalue weighted by Crippen LogP contribution is -2.23. The van der Waals surface area contributed by atoms with Crippen molar-refractivity contribution in [2.24, 2.45) is 5.73 Å². The molecule has 10 heteroatoms. The van der Waals surface area contributed by atoms with Crippen molar-refractivity contribution in [3.63, 3.8) is 0 Å². The van der Waals surface area contributed by atoms with E-state index in [9.17, 15) is 14.4 Å². The van der Waals surface area contributed by atoms with Crippen molar-refractivity contribution in [2.75, 3.05) is 25.1 Å². The van der Waals surface area contributed by atoms with Gasteiger partial charge in [-0.1, -0.05) is 0 Å². The van der Waals surface area contributed by atoms with Gasteiger partial charge in [0.2, 0.25) is 0 Å². The highest BCUT2D eigenvalue weighted by Crippen LogP contribution is 2.30. The predicted molar refractivity (Wildman–Crippen MR) is 130 cm³/mol. The summed E-state index contributed by atoms with van der Waals surface area (Å²) in [6, 6.07) is 11.0. The molecule has 0 radical (unpaired) electrons. The Balaban J connectivity index is 2.24. The highest BCUT2D eigenvalue weighted by molar-refractivity contribution is 5.95. The number of nitrogens with two attached hydrogens (primary N) is 1. The molecular formula is C25H31N3O7. The largest absolute Gasteiger partial charge is 0.494 e. The molecule has 2 aromatic rings. The van der Waals surface area contributed by atoms with Gasteiger partial charge in [-0.2, -0.15) is 0 Å². The van der Waals surface area contributed by atoms with Gasteiger partial charge in [-0.05, 0) is 62.2 Å². The van der Waals surface area contributed by atoms with Crippen LogP contribution in [0.2, 0.25) is 0 Å². The summed E-state index contributed by atoms with van der Waals surface area (Å²) < 4.78 is 21.2. The number of carbonyl (C=O) groups is 3. The van der Waals surface area contributed by atoms with Crippen molar-refractivity contribution in [1.82, 2.24) is 0 Å². The highest BCUT2D eigenvalue weighted by Gasteiger charge is 2.24. The van der Waals surface area contributed by atoms with E-state index >= 15 is 0 Å². The van der Waals surface area contributed by atoms with E-state index in [1.165, 1.54) is 6.92 Å². The van der Waals surface area contributed by atoms with Gasteiger partial charge in [0.25, 0.3) is 0 Å². The number of ether oxygens (including phenoxy) is 4. The normalized spacial score (nSPS) is 11.2. The molecule has 4 N–H and O–H groups in total. The molecule has 0 saturated heterocycles. The first-order valence-corrected chi connectivity index (χ1v) is 11.2. The van der Waals surface area contributed by atoms with E-state index in [1.807, 2.05) is 6.92 Å². The number of nitrogens with one attached hydrogen (secondary N) is 2. The van der Waals surface area contributed by atoms with Crippen LogP contribution in [-0.4, -0.2) is 43.6 Å². The maximum absolute atomic E-state index is 12.8. The van der Waals surface area contributed by atoms with E-state index < -0.39 is 23.9 Å². The molecule has 10 nitrogen and oxygen atoms in total. The fourth-order valence-electron chi connectivity index (χ4n) is 3.13. The van der Waals surface area contributed by atoms with Crippen LogP contribution in [0.4, 0.5) is 5.69 Å². The van der Waals surface area contributed by atoms with Crippen LogP contribution in [0.25, 0.3) is 0 Å². The van der Waals surface area contributed by atoms with Gasteiger partial charge in [-0.15, -0.1) is 0 Å². The summed E-state index contributed by atoms with van der Waals surface area (Å²) in [5.74, 6) is -0.882. The van der Waals surface area contributed by atoms with Crippen LogP contribution in [-0.2, 0) is 23.9 Å². The standard InChI is InChI=1S/C25H31N3O7/c1-4-32-20-13-18(14-21(15-20)34-12-6-7-22(30)35-16(3)29)23(25(31)33-5-2)28-19-10-8-17(9-11-19)24(26)27/h8-11,13-15,23,28H,4-7,12H2,1-3H3,(H3,26,27). The van der Waals surface area contributed by atoms with Gasteiger partial charge in [-0.25, -0.2) is 4.79 Å². The minimum atomic E-state index is -0.869. The summed E-state index contributed by atoms with van der Waals surface area (Å²) in [5.41, 5.74) is 7.25. The molecule has 0 amide bonds. The summed E-state index contributed by atoms with van der Waals surface area (Å²) in [6.07, 6.45) is 0.364. The van der Waals surface area contributed by atoms with E-state index in [0.717, 1.165) is 0 Å². The first kappa shape index (κ1) is 27.2. The Morgan fingerprint density at radius 1 is 1.00 bits per heavy atom. The van der Waals surface area contributed by atoms with E-state index in [4.69, 9.17) is 25.4 Å². The van der Waals surface area contributed by atoms with Crippen LogP contribution in [0.5, 0.6) is 11.5 Å². The van der Waals surface area contributed by atoms with E-state index in [1.54, 1.807) is 49.4 Å². The second-order valence-electron chi connectivity index (χ2n) is 7.41. The third-order valence-electron chi connectivity index (χ3n) is 4.63. The van der Waals surface area contributed by atoms with Gasteiger partial charge in [0.05, 0.1) is 19.8 Å². The number of anilines is 1. The average Bonchev–Trinajstić information content (AvgIpc) is 2.80. The molecule has 0 heterocycles. The Labute approximate surface area is 204 Å². The van der Waals surface area contributed by atoms with Crippen molar-refractivity contribution >= 4 is 29.4 Å². The summed E-state index contributed by atoms with van der Waals surface area (Å²) in [6.45, 7) is 5.52. The van der Waals surface area contributed by atoms with Crippen LogP contribution in [0.3, 0.4) is 0 Å². The first-order valence-electron chi connectivity index (χ1n) is 11.2. The number of amidine groups is 1. The fourth-order valence-corrected chi connectivity index (χ4v) is 3.13. The molecule has 0 aromatic heterocycles. The van der Waals surface area contributed by atoms with Crippen LogP contribution < -0.4 is 20.5 Å². The molecule has 0 saturated carbocycles. The molecule has 0 spiro atoms. The Bertz CT molecular complexity index is 1040. The number of rotatable bonds is 13. The Hall–Kier alpha value is -4.08. The molecule has 188 valence electrons. The second-order valence-corrected chi connectivity index (χ2v) is 7.41. The molecule has 0 aliphatic heterocycles. The second kappa shape index (κ2) is 13.6. The molecule has 0 aliphatic rings. The molecule has 2 rings (SSSR count). The number of esters is 3. The first-order chi connectivity index (χ1) is 16.7. The molecule has 0 bridgehead atoms. The Morgan fingerprint density at radius 3 is 2.23 bits per heavy atom. The summed E-state index contributed by atoms with van der Waals surface area (Å²) in [7, 11) is 0. The molecular weight excluding hydrogens is 454 g/mol. The van der Waals surface area contributed by atoms with Crippen molar-refractivity contribution < 1.29 is 33.3 Å². The van der Waals surface area contributed by atoms with Gasteiger partial charge >= 0.3 is 17.9 Å². The van der Waals surface area contributed by atoms with E-state index in [-0.39, 0.29) is 25.5 Å². The van der Waals surface area contributed by atoms with Crippen molar-refractivity contribution in [3.8, 4) is 11.5 Å². The van der Waals surface area contributed by atoms with E-state index in [0.29, 0.717) is 41.3 Å². The van der Waals surface area contributed by atoms with Gasteiger partial charge in [0.15, 0.2) is 6.04 Å². The molecule has 2 aromatic carbocycles. The molecule has 0 aliphatic carbocycles. The van der Waals surface area contributed by atoms with Crippen LogP contribution in [0.15, 0.2) is 42.5 Å². The van der Waals surface area contributed by atoms with Gasteiger partial charge in [0.1, 0.15) is 17.3 Å². The Morgan fingerprint density at radius 2 is 1.66 bits per heavy atom.